The Morgan fingerprint density at radius 2 is 1.83 bits per heavy atom. The standard InChI is InChI=1S/C17H12N6S/c1-10-6-8-11(9-7-10)18-16-22-23-15-14(20-21-17(23)24-16)12-4-2-3-5-13(12)19-15/h2-9H,1H3,(H,18,22). The highest BCUT2D eigenvalue weighted by Crippen LogP contribution is 2.31. The number of nitrogens with zero attached hydrogens (tertiary/aromatic N) is 5. The smallest absolute Gasteiger partial charge is 0.236 e. The van der Waals surface area contributed by atoms with Gasteiger partial charge in [0.15, 0.2) is 5.82 Å². The molecule has 1 N–H and O–H groups in total. The zero-order chi connectivity index (χ0) is 16.1. The Hall–Kier alpha value is -3.06. The summed E-state index contributed by atoms with van der Waals surface area (Å²) in [6.45, 7) is 2.06. The quantitative estimate of drug-likeness (QED) is 0.531. The lowest BCUT2D eigenvalue weighted by molar-refractivity contribution is 0.886. The predicted octanol–water partition coefficient (Wildman–Crippen LogP) is 3.89. The van der Waals surface area contributed by atoms with Gasteiger partial charge in [-0.1, -0.05) is 47.2 Å². The molecule has 2 aromatic carbocycles. The maximum absolute atomic E-state index is 4.65. The van der Waals surface area contributed by atoms with Crippen molar-refractivity contribution in [1.29, 1.82) is 0 Å². The maximum Gasteiger partial charge on any atom is 0.236 e. The molecule has 0 aliphatic carbocycles. The average Bonchev–Trinajstić information content (AvgIpc) is 3.17. The number of hydrogen-bond donors (Lipinski definition) is 1. The second kappa shape index (κ2) is 4.97. The van der Waals surface area contributed by atoms with Crippen molar-refractivity contribution in [2.45, 2.75) is 6.92 Å². The SMILES string of the molecule is Cc1ccc(Nc2nn3c4nc5ccccc5c-4nnc3s2)cc1. The fourth-order valence-electron chi connectivity index (χ4n) is 2.69. The summed E-state index contributed by atoms with van der Waals surface area (Å²) in [6.07, 6.45) is 0. The number of hydrogen-bond acceptors (Lipinski definition) is 6. The number of fused-ring (bicyclic) bond motifs is 5. The maximum atomic E-state index is 4.65. The van der Waals surface area contributed by atoms with Crippen LogP contribution in [-0.4, -0.2) is 24.8 Å². The molecule has 7 heteroatoms. The van der Waals surface area contributed by atoms with Crippen molar-refractivity contribution in [3.63, 3.8) is 0 Å². The Balaban J connectivity index is 1.64. The fraction of sp³-hybridized carbons (Fsp3) is 0.0588. The Morgan fingerprint density at radius 3 is 2.71 bits per heavy atom. The van der Waals surface area contributed by atoms with Gasteiger partial charge in [0, 0.05) is 11.1 Å². The molecule has 2 aliphatic rings. The molecule has 0 spiro atoms. The van der Waals surface area contributed by atoms with Crippen LogP contribution < -0.4 is 5.32 Å². The van der Waals surface area contributed by atoms with Gasteiger partial charge < -0.3 is 5.32 Å². The van der Waals surface area contributed by atoms with Crippen LogP contribution in [0.15, 0.2) is 48.5 Å². The molecule has 3 aromatic rings. The molecule has 116 valence electrons. The number of aryl methyl sites for hydroxylation is 1. The molecule has 5 rings (SSSR count). The normalized spacial score (nSPS) is 11.5. The molecule has 0 fully saturated rings. The van der Waals surface area contributed by atoms with E-state index in [2.05, 4.69) is 44.7 Å². The second-order valence-electron chi connectivity index (χ2n) is 5.59. The molecule has 0 amide bonds. The van der Waals surface area contributed by atoms with Crippen molar-refractivity contribution >= 4 is 38.0 Å². The molecule has 0 unspecified atom stereocenters. The van der Waals surface area contributed by atoms with Gasteiger partial charge in [-0.3, -0.25) is 0 Å². The number of benzene rings is 2. The van der Waals surface area contributed by atoms with E-state index in [1.165, 1.54) is 16.9 Å². The third-order valence-electron chi connectivity index (χ3n) is 3.90. The number of anilines is 2. The first-order valence-electron chi connectivity index (χ1n) is 7.52. The van der Waals surface area contributed by atoms with Crippen LogP contribution in [0.3, 0.4) is 0 Å². The van der Waals surface area contributed by atoms with Crippen molar-refractivity contribution in [3.05, 3.63) is 54.1 Å². The van der Waals surface area contributed by atoms with E-state index < -0.39 is 0 Å². The van der Waals surface area contributed by atoms with Crippen LogP contribution in [0.25, 0.3) is 27.4 Å². The van der Waals surface area contributed by atoms with E-state index in [1.54, 1.807) is 4.52 Å². The first-order chi connectivity index (χ1) is 11.8. The minimum Gasteiger partial charge on any atom is -0.330 e. The number of aromatic nitrogens is 5. The summed E-state index contributed by atoms with van der Waals surface area (Å²) in [5, 5.41) is 18.3. The first kappa shape index (κ1) is 13.4. The number of rotatable bonds is 2. The molecule has 0 radical (unpaired) electrons. The summed E-state index contributed by atoms with van der Waals surface area (Å²) in [7, 11) is 0. The Kier molecular flexibility index (Phi) is 2.77. The summed E-state index contributed by atoms with van der Waals surface area (Å²) < 4.78 is 1.75. The van der Waals surface area contributed by atoms with Crippen LogP contribution in [0, 0.1) is 6.92 Å². The van der Waals surface area contributed by atoms with E-state index >= 15 is 0 Å². The lowest BCUT2D eigenvalue weighted by Crippen LogP contribution is -2.00. The molecule has 2 aliphatic heterocycles. The van der Waals surface area contributed by atoms with E-state index in [4.69, 9.17) is 0 Å². The highest BCUT2D eigenvalue weighted by molar-refractivity contribution is 7.20. The van der Waals surface area contributed by atoms with Crippen LogP contribution in [0.1, 0.15) is 5.56 Å². The lowest BCUT2D eigenvalue weighted by atomic mass is 10.2. The van der Waals surface area contributed by atoms with Gasteiger partial charge in [-0.2, -0.15) is 4.52 Å². The Labute approximate surface area is 141 Å². The fourth-order valence-corrected chi connectivity index (χ4v) is 3.45. The van der Waals surface area contributed by atoms with E-state index in [1.807, 2.05) is 36.4 Å². The van der Waals surface area contributed by atoms with Gasteiger partial charge in [-0.25, -0.2) is 4.98 Å². The summed E-state index contributed by atoms with van der Waals surface area (Å²) in [6, 6.07) is 16.1. The first-order valence-corrected chi connectivity index (χ1v) is 8.34. The van der Waals surface area contributed by atoms with Gasteiger partial charge >= 0.3 is 0 Å². The molecule has 6 nitrogen and oxygen atoms in total. The van der Waals surface area contributed by atoms with Crippen LogP contribution >= 0.6 is 11.3 Å². The molecule has 24 heavy (non-hydrogen) atoms. The Bertz CT molecular complexity index is 1140. The zero-order valence-electron chi connectivity index (χ0n) is 12.8. The van der Waals surface area contributed by atoms with Gasteiger partial charge in [0.25, 0.3) is 0 Å². The summed E-state index contributed by atoms with van der Waals surface area (Å²) in [5.41, 5.74) is 3.89. The van der Waals surface area contributed by atoms with Crippen LogP contribution in [0.5, 0.6) is 0 Å². The predicted molar refractivity (Wildman–Crippen MR) is 95.0 cm³/mol. The molecular weight excluding hydrogens is 320 g/mol. The van der Waals surface area contributed by atoms with Gasteiger partial charge in [0.2, 0.25) is 10.1 Å². The third kappa shape index (κ3) is 2.02. The van der Waals surface area contributed by atoms with Crippen molar-refractivity contribution in [3.8, 4) is 11.5 Å². The topological polar surface area (TPSA) is 68.0 Å². The molecule has 0 atom stereocenters. The lowest BCUT2D eigenvalue weighted by Gasteiger charge is -2.01. The zero-order valence-corrected chi connectivity index (χ0v) is 13.6. The minimum absolute atomic E-state index is 0.708. The van der Waals surface area contributed by atoms with Gasteiger partial charge in [0.05, 0.1) is 5.52 Å². The van der Waals surface area contributed by atoms with Gasteiger partial charge in [-0.05, 0) is 25.1 Å². The highest BCUT2D eigenvalue weighted by Gasteiger charge is 2.19. The minimum atomic E-state index is 0.708. The summed E-state index contributed by atoms with van der Waals surface area (Å²) >= 11 is 1.45. The van der Waals surface area contributed by atoms with Crippen molar-refractivity contribution in [2.24, 2.45) is 0 Å². The van der Waals surface area contributed by atoms with Crippen molar-refractivity contribution < 1.29 is 0 Å². The monoisotopic (exact) mass is 332 g/mol. The highest BCUT2D eigenvalue weighted by atomic mass is 32.1. The van der Waals surface area contributed by atoms with E-state index in [0.29, 0.717) is 4.96 Å². The van der Waals surface area contributed by atoms with Crippen molar-refractivity contribution in [1.82, 2.24) is 24.8 Å². The molecule has 0 saturated carbocycles. The number of nitrogens with one attached hydrogen (secondary N) is 1. The average molecular weight is 332 g/mol. The van der Waals surface area contributed by atoms with Crippen molar-refractivity contribution in [2.75, 3.05) is 5.32 Å². The summed E-state index contributed by atoms with van der Waals surface area (Å²) in [5.74, 6) is 0.731. The number of para-hydroxylation sites is 1. The van der Waals surface area contributed by atoms with Crippen LogP contribution in [-0.2, 0) is 0 Å². The summed E-state index contributed by atoms with van der Waals surface area (Å²) in [4.78, 5) is 5.36. The van der Waals surface area contributed by atoms with Crippen LogP contribution in [0.2, 0.25) is 0 Å². The molecule has 3 heterocycles. The molecule has 0 bridgehead atoms. The molecule has 1 aromatic heterocycles. The Morgan fingerprint density at radius 1 is 1.00 bits per heavy atom. The van der Waals surface area contributed by atoms with E-state index in [-0.39, 0.29) is 0 Å². The third-order valence-corrected chi connectivity index (χ3v) is 4.71. The van der Waals surface area contributed by atoms with Gasteiger partial charge in [-0.15, -0.1) is 15.3 Å². The molecular formula is C17H12N6S. The molecule has 0 saturated heterocycles. The largest absolute Gasteiger partial charge is 0.330 e. The second-order valence-corrected chi connectivity index (χ2v) is 6.55. The van der Waals surface area contributed by atoms with E-state index in [9.17, 15) is 0 Å². The van der Waals surface area contributed by atoms with E-state index in [0.717, 1.165) is 33.2 Å². The van der Waals surface area contributed by atoms with Crippen LogP contribution in [0.4, 0.5) is 10.8 Å². The van der Waals surface area contributed by atoms with Gasteiger partial charge in [0.1, 0.15) is 5.69 Å².